The van der Waals surface area contributed by atoms with Gasteiger partial charge < -0.3 is 9.88 Å². The molecule has 21 heavy (non-hydrogen) atoms. The molecular weight excluding hydrogens is 291 g/mol. The molecule has 1 aromatic heterocycles. The highest BCUT2D eigenvalue weighted by molar-refractivity contribution is 6.31. The number of aromatic nitrogens is 1. The monoisotopic (exact) mass is 302 g/mol. The summed E-state index contributed by atoms with van der Waals surface area (Å²) in [5.41, 5.74) is 1.83. The van der Waals surface area contributed by atoms with E-state index < -0.39 is 5.82 Å². The van der Waals surface area contributed by atoms with Crippen LogP contribution in [0.25, 0.3) is 10.9 Å². The summed E-state index contributed by atoms with van der Waals surface area (Å²) in [6, 6.07) is 11.3. The number of aryl methyl sites for hydroxylation is 1. The minimum Gasteiger partial charge on any atom is -0.351 e. The van der Waals surface area contributed by atoms with Gasteiger partial charge in [-0.15, -0.1) is 0 Å². The summed E-state index contributed by atoms with van der Waals surface area (Å²) >= 11 is 5.78. The van der Waals surface area contributed by atoms with Crippen LogP contribution in [0.3, 0.4) is 0 Å². The fourth-order valence-electron chi connectivity index (χ4n) is 2.32. The fraction of sp³-hybridized carbons (Fsp3) is 0.0625. The molecule has 0 atom stereocenters. The first-order valence-electron chi connectivity index (χ1n) is 6.36. The summed E-state index contributed by atoms with van der Waals surface area (Å²) in [5, 5.41) is 3.75. The molecule has 3 nitrogen and oxygen atoms in total. The van der Waals surface area contributed by atoms with Gasteiger partial charge in [-0.05, 0) is 36.4 Å². The van der Waals surface area contributed by atoms with Crippen molar-refractivity contribution in [3.05, 3.63) is 65.1 Å². The second-order valence-electron chi connectivity index (χ2n) is 4.78. The Morgan fingerprint density at radius 3 is 2.81 bits per heavy atom. The summed E-state index contributed by atoms with van der Waals surface area (Å²) < 4.78 is 15.2. The molecule has 0 radical (unpaired) electrons. The van der Waals surface area contributed by atoms with Gasteiger partial charge >= 0.3 is 0 Å². The Kier molecular flexibility index (Phi) is 3.39. The van der Waals surface area contributed by atoms with Crippen LogP contribution in [-0.2, 0) is 7.05 Å². The van der Waals surface area contributed by atoms with Crippen molar-refractivity contribution in [1.82, 2.24) is 4.57 Å². The highest BCUT2D eigenvalue weighted by Crippen LogP contribution is 2.22. The SMILES string of the molecule is Cn1ccc2c(C(=O)Nc3cc(F)cc(Cl)c3)cccc21. The maximum absolute atomic E-state index is 13.3. The Morgan fingerprint density at radius 2 is 2.05 bits per heavy atom. The van der Waals surface area contributed by atoms with E-state index in [9.17, 15) is 9.18 Å². The van der Waals surface area contributed by atoms with Crippen molar-refractivity contribution < 1.29 is 9.18 Å². The zero-order chi connectivity index (χ0) is 15.0. The standard InChI is InChI=1S/C16H12ClFN2O/c1-20-6-5-13-14(3-2-4-15(13)20)16(21)19-12-8-10(17)7-11(18)9-12/h2-9H,1H3,(H,19,21). The molecule has 0 unspecified atom stereocenters. The number of carbonyl (C=O) groups is 1. The molecule has 0 aliphatic rings. The molecule has 1 amide bonds. The van der Waals surface area contributed by atoms with E-state index >= 15 is 0 Å². The maximum Gasteiger partial charge on any atom is 0.256 e. The molecule has 0 fully saturated rings. The first-order chi connectivity index (χ1) is 10.0. The molecule has 1 heterocycles. The van der Waals surface area contributed by atoms with Crippen LogP contribution < -0.4 is 5.32 Å². The number of rotatable bonds is 2. The molecule has 2 aromatic carbocycles. The number of hydrogen-bond donors (Lipinski definition) is 1. The fourth-order valence-corrected chi connectivity index (χ4v) is 2.55. The van der Waals surface area contributed by atoms with E-state index in [1.807, 2.05) is 36.0 Å². The number of fused-ring (bicyclic) bond motifs is 1. The lowest BCUT2D eigenvalue weighted by molar-refractivity contribution is 0.102. The molecule has 0 bridgehead atoms. The van der Waals surface area contributed by atoms with E-state index in [1.165, 1.54) is 18.2 Å². The van der Waals surface area contributed by atoms with Gasteiger partial charge in [-0.3, -0.25) is 4.79 Å². The Balaban J connectivity index is 1.97. The Morgan fingerprint density at radius 1 is 1.24 bits per heavy atom. The summed E-state index contributed by atoms with van der Waals surface area (Å²) in [6.45, 7) is 0. The number of amides is 1. The summed E-state index contributed by atoms with van der Waals surface area (Å²) in [6.07, 6.45) is 1.89. The van der Waals surface area contributed by atoms with Crippen LogP contribution >= 0.6 is 11.6 Å². The lowest BCUT2D eigenvalue weighted by atomic mass is 10.1. The Labute approximate surface area is 125 Å². The zero-order valence-electron chi connectivity index (χ0n) is 11.2. The molecule has 5 heteroatoms. The second-order valence-corrected chi connectivity index (χ2v) is 5.21. The highest BCUT2D eigenvalue weighted by Gasteiger charge is 2.12. The predicted octanol–water partition coefficient (Wildman–Crippen LogP) is 4.22. The van der Waals surface area contributed by atoms with Crippen LogP contribution in [0, 0.1) is 5.82 Å². The van der Waals surface area contributed by atoms with Crippen molar-refractivity contribution in [2.24, 2.45) is 7.05 Å². The number of nitrogens with zero attached hydrogens (tertiary/aromatic N) is 1. The van der Waals surface area contributed by atoms with Crippen molar-refractivity contribution in [2.75, 3.05) is 5.32 Å². The first kappa shape index (κ1) is 13.6. The normalized spacial score (nSPS) is 10.8. The zero-order valence-corrected chi connectivity index (χ0v) is 12.0. The molecule has 0 saturated heterocycles. The van der Waals surface area contributed by atoms with E-state index in [2.05, 4.69) is 5.32 Å². The average molecular weight is 303 g/mol. The van der Waals surface area contributed by atoms with E-state index in [0.29, 0.717) is 11.3 Å². The largest absolute Gasteiger partial charge is 0.351 e. The van der Waals surface area contributed by atoms with Crippen molar-refractivity contribution in [1.29, 1.82) is 0 Å². The third kappa shape index (κ3) is 2.62. The third-order valence-electron chi connectivity index (χ3n) is 3.29. The van der Waals surface area contributed by atoms with Crippen molar-refractivity contribution in [3.8, 4) is 0 Å². The number of nitrogens with one attached hydrogen (secondary N) is 1. The topological polar surface area (TPSA) is 34.0 Å². The third-order valence-corrected chi connectivity index (χ3v) is 3.51. The minimum atomic E-state index is -0.490. The van der Waals surface area contributed by atoms with Crippen molar-refractivity contribution in [2.45, 2.75) is 0 Å². The van der Waals surface area contributed by atoms with Gasteiger partial charge in [0.25, 0.3) is 5.91 Å². The molecule has 3 aromatic rings. The molecule has 0 spiro atoms. The van der Waals surface area contributed by atoms with Crippen LogP contribution in [0.2, 0.25) is 5.02 Å². The van der Waals surface area contributed by atoms with E-state index in [1.54, 1.807) is 6.07 Å². The summed E-state index contributed by atoms with van der Waals surface area (Å²) in [4.78, 5) is 12.4. The summed E-state index contributed by atoms with van der Waals surface area (Å²) in [7, 11) is 1.91. The van der Waals surface area contributed by atoms with E-state index in [4.69, 9.17) is 11.6 Å². The molecule has 3 rings (SSSR count). The molecule has 0 saturated carbocycles. The van der Waals surface area contributed by atoms with Crippen LogP contribution in [0.15, 0.2) is 48.7 Å². The van der Waals surface area contributed by atoms with E-state index in [0.717, 1.165) is 10.9 Å². The summed E-state index contributed by atoms with van der Waals surface area (Å²) in [5.74, 6) is -0.788. The number of halogens is 2. The Hall–Kier alpha value is -2.33. The van der Waals surface area contributed by atoms with Gasteiger partial charge in [0.2, 0.25) is 0 Å². The molecule has 0 aliphatic heterocycles. The van der Waals surface area contributed by atoms with Gasteiger partial charge in [0.1, 0.15) is 5.82 Å². The van der Waals surface area contributed by atoms with E-state index in [-0.39, 0.29) is 10.9 Å². The smallest absolute Gasteiger partial charge is 0.256 e. The maximum atomic E-state index is 13.3. The van der Waals surface area contributed by atoms with Crippen molar-refractivity contribution in [3.63, 3.8) is 0 Å². The number of anilines is 1. The van der Waals surface area contributed by atoms with Gasteiger partial charge in [-0.2, -0.15) is 0 Å². The minimum absolute atomic E-state index is 0.239. The van der Waals surface area contributed by atoms with Crippen LogP contribution in [0.4, 0.5) is 10.1 Å². The number of hydrogen-bond acceptors (Lipinski definition) is 1. The first-order valence-corrected chi connectivity index (χ1v) is 6.74. The van der Waals surface area contributed by atoms with Crippen LogP contribution in [0.5, 0.6) is 0 Å². The van der Waals surface area contributed by atoms with Crippen LogP contribution in [0.1, 0.15) is 10.4 Å². The highest BCUT2D eigenvalue weighted by atomic mass is 35.5. The average Bonchev–Trinajstić information content (AvgIpc) is 2.79. The lowest BCUT2D eigenvalue weighted by Crippen LogP contribution is -2.12. The van der Waals surface area contributed by atoms with Gasteiger partial charge in [-0.25, -0.2) is 4.39 Å². The van der Waals surface area contributed by atoms with Crippen molar-refractivity contribution >= 4 is 34.1 Å². The van der Waals surface area contributed by atoms with Gasteiger partial charge in [0.05, 0.1) is 0 Å². The second kappa shape index (κ2) is 5.22. The molecule has 1 N–H and O–H groups in total. The molecule has 0 aliphatic carbocycles. The number of carbonyl (C=O) groups excluding carboxylic acids is 1. The lowest BCUT2D eigenvalue weighted by Gasteiger charge is -2.07. The molecule has 106 valence electrons. The predicted molar refractivity (Wildman–Crippen MR) is 82.3 cm³/mol. The van der Waals surface area contributed by atoms with Gasteiger partial charge in [-0.1, -0.05) is 17.7 Å². The van der Waals surface area contributed by atoms with Gasteiger partial charge in [0.15, 0.2) is 0 Å². The number of benzene rings is 2. The molecular formula is C16H12ClFN2O. The van der Waals surface area contributed by atoms with Crippen LogP contribution in [-0.4, -0.2) is 10.5 Å². The van der Waals surface area contributed by atoms with Gasteiger partial charge in [0, 0.05) is 40.4 Å². The quantitative estimate of drug-likeness (QED) is 0.755. The Bertz CT molecular complexity index is 821.